The molecule has 25 heavy (non-hydrogen) atoms. The number of benzene rings is 1. The van der Waals surface area contributed by atoms with Gasteiger partial charge >= 0.3 is 0 Å². The van der Waals surface area contributed by atoms with Crippen LogP contribution in [0, 0.1) is 11.7 Å². The number of halogens is 1. The quantitative estimate of drug-likeness (QED) is 0.853. The molecule has 1 amide bonds. The number of nitrogens with zero attached hydrogens (tertiary/aromatic N) is 3. The maximum Gasteiger partial charge on any atom is 0.226 e. The summed E-state index contributed by atoms with van der Waals surface area (Å²) in [5.74, 6) is 1.21. The Kier molecular flexibility index (Phi) is 4.47. The molecular weight excluding hydrogens is 317 g/mol. The molecular formula is C20H22FN3O. The van der Waals surface area contributed by atoms with Crippen LogP contribution in [0.2, 0.25) is 0 Å². The lowest BCUT2D eigenvalue weighted by atomic mass is 9.70. The van der Waals surface area contributed by atoms with Crippen LogP contribution < -0.4 is 0 Å². The van der Waals surface area contributed by atoms with Crippen molar-refractivity contribution in [3.8, 4) is 0 Å². The Labute approximate surface area is 147 Å². The summed E-state index contributed by atoms with van der Waals surface area (Å²) in [7, 11) is 0. The molecule has 1 unspecified atom stereocenters. The second kappa shape index (κ2) is 6.90. The van der Waals surface area contributed by atoms with Gasteiger partial charge in [0.2, 0.25) is 5.91 Å². The van der Waals surface area contributed by atoms with Gasteiger partial charge in [0, 0.05) is 24.9 Å². The lowest BCUT2D eigenvalue weighted by molar-refractivity contribution is -0.143. The molecule has 0 radical (unpaired) electrons. The zero-order valence-electron chi connectivity index (χ0n) is 14.1. The highest BCUT2D eigenvalue weighted by Gasteiger charge is 2.40. The van der Waals surface area contributed by atoms with E-state index in [1.807, 2.05) is 17.0 Å². The van der Waals surface area contributed by atoms with E-state index < -0.39 is 0 Å². The van der Waals surface area contributed by atoms with Crippen LogP contribution in [0.25, 0.3) is 0 Å². The molecule has 130 valence electrons. The van der Waals surface area contributed by atoms with Crippen LogP contribution >= 0.6 is 0 Å². The Hall–Kier alpha value is -2.30. The zero-order valence-corrected chi connectivity index (χ0v) is 14.1. The van der Waals surface area contributed by atoms with Gasteiger partial charge < -0.3 is 4.90 Å². The number of aromatic nitrogens is 2. The van der Waals surface area contributed by atoms with Gasteiger partial charge in [-0.05, 0) is 61.8 Å². The molecule has 1 aromatic carbocycles. The first kappa shape index (κ1) is 16.2. The molecule has 2 heterocycles. The molecule has 4 nitrogen and oxygen atoms in total. The van der Waals surface area contributed by atoms with Gasteiger partial charge in [-0.2, -0.15) is 0 Å². The van der Waals surface area contributed by atoms with E-state index in [4.69, 9.17) is 0 Å². The van der Waals surface area contributed by atoms with Crippen LogP contribution in [-0.2, 0) is 4.79 Å². The van der Waals surface area contributed by atoms with Crippen molar-refractivity contribution in [2.75, 3.05) is 6.54 Å². The number of hydrogen-bond donors (Lipinski definition) is 0. The third-order valence-electron chi connectivity index (χ3n) is 5.50. The molecule has 1 aliphatic heterocycles. The van der Waals surface area contributed by atoms with E-state index in [1.165, 1.54) is 12.1 Å². The van der Waals surface area contributed by atoms with Crippen molar-refractivity contribution in [2.45, 2.75) is 44.1 Å². The van der Waals surface area contributed by atoms with E-state index in [9.17, 15) is 9.18 Å². The minimum Gasteiger partial charge on any atom is -0.332 e. The van der Waals surface area contributed by atoms with E-state index in [1.54, 1.807) is 18.5 Å². The molecule has 1 aliphatic carbocycles. The molecule has 2 aromatic rings. The number of carbonyl (C=O) groups excluding carboxylic acids is 1. The van der Waals surface area contributed by atoms with Gasteiger partial charge in [-0.25, -0.2) is 14.4 Å². The maximum atomic E-state index is 13.1. The van der Waals surface area contributed by atoms with Gasteiger partial charge in [0.05, 0.1) is 6.04 Å². The van der Waals surface area contributed by atoms with Crippen LogP contribution in [0.15, 0.2) is 42.7 Å². The van der Waals surface area contributed by atoms with Crippen LogP contribution in [0.1, 0.15) is 55.5 Å². The van der Waals surface area contributed by atoms with Gasteiger partial charge in [0.15, 0.2) is 5.82 Å². The van der Waals surface area contributed by atoms with Gasteiger partial charge in [-0.15, -0.1) is 0 Å². The molecule has 4 rings (SSSR count). The van der Waals surface area contributed by atoms with Gasteiger partial charge in [0.25, 0.3) is 0 Å². The number of hydrogen-bond acceptors (Lipinski definition) is 3. The van der Waals surface area contributed by atoms with Crippen LogP contribution in [0.3, 0.4) is 0 Å². The second-order valence-corrected chi connectivity index (χ2v) is 7.07. The summed E-state index contributed by atoms with van der Waals surface area (Å²) in [5, 5.41) is 0. The average Bonchev–Trinajstić information content (AvgIpc) is 2.63. The molecule has 1 saturated heterocycles. The summed E-state index contributed by atoms with van der Waals surface area (Å²) >= 11 is 0. The maximum absolute atomic E-state index is 13.1. The van der Waals surface area contributed by atoms with Crippen LogP contribution in [-0.4, -0.2) is 27.3 Å². The summed E-state index contributed by atoms with van der Waals surface area (Å²) in [6.07, 6.45) is 8.27. The van der Waals surface area contributed by atoms with Gasteiger partial charge in [-0.3, -0.25) is 4.79 Å². The van der Waals surface area contributed by atoms with Crippen molar-refractivity contribution in [2.24, 2.45) is 5.92 Å². The fraction of sp³-hybridized carbons (Fsp3) is 0.450. The third kappa shape index (κ3) is 3.28. The van der Waals surface area contributed by atoms with E-state index in [0.29, 0.717) is 5.92 Å². The fourth-order valence-electron chi connectivity index (χ4n) is 4.01. The van der Waals surface area contributed by atoms with Crippen molar-refractivity contribution in [3.05, 3.63) is 59.9 Å². The molecule has 2 fully saturated rings. The largest absolute Gasteiger partial charge is 0.332 e. The summed E-state index contributed by atoms with van der Waals surface area (Å²) in [5.41, 5.74) is 1.13. The van der Waals surface area contributed by atoms with Gasteiger partial charge in [-0.1, -0.05) is 12.1 Å². The lowest BCUT2D eigenvalue weighted by Gasteiger charge is -2.42. The molecule has 1 saturated carbocycles. The number of amides is 1. The van der Waals surface area contributed by atoms with E-state index in [0.717, 1.165) is 50.0 Å². The summed E-state index contributed by atoms with van der Waals surface area (Å²) in [4.78, 5) is 23.7. The molecule has 0 spiro atoms. The summed E-state index contributed by atoms with van der Waals surface area (Å²) < 4.78 is 13.1. The highest BCUT2D eigenvalue weighted by molar-refractivity contribution is 5.80. The average molecular weight is 339 g/mol. The number of carbonyl (C=O) groups is 1. The van der Waals surface area contributed by atoms with E-state index in [-0.39, 0.29) is 23.7 Å². The number of rotatable bonds is 3. The molecule has 0 bridgehead atoms. The monoisotopic (exact) mass is 339 g/mol. The lowest BCUT2D eigenvalue weighted by Crippen LogP contribution is -2.45. The smallest absolute Gasteiger partial charge is 0.226 e. The Morgan fingerprint density at radius 1 is 1.08 bits per heavy atom. The Balaban J connectivity index is 1.43. The normalized spacial score (nSPS) is 26.1. The summed E-state index contributed by atoms with van der Waals surface area (Å²) in [6.45, 7) is 0.791. The zero-order chi connectivity index (χ0) is 17.2. The van der Waals surface area contributed by atoms with Crippen molar-refractivity contribution < 1.29 is 9.18 Å². The Morgan fingerprint density at radius 3 is 2.52 bits per heavy atom. The third-order valence-corrected chi connectivity index (χ3v) is 5.50. The molecule has 0 N–H and O–H groups in total. The van der Waals surface area contributed by atoms with Crippen molar-refractivity contribution in [1.82, 2.24) is 14.9 Å². The topological polar surface area (TPSA) is 46.1 Å². The number of likely N-dealkylation sites (tertiary alicyclic amines) is 1. The highest BCUT2D eigenvalue weighted by Crippen LogP contribution is 2.44. The molecule has 1 aromatic heterocycles. The number of piperidine rings is 1. The van der Waals surface area contributed by atoms with Crippen molar-refractivity contribution in [3.63, 3.8) is 0 Å². The van der Waals surface area contributed by atoms with E-state index in [2.05, 4.69) is 9.97 Å². The first-order valence-corrected chi connectivity index (χ1v) is 9.05. The minimum atomic E-state index is -0.213. The van der Waals surface area contributed by atoms with Crippen LogP contribution in [0.5, 0.6) is 0 Å². The predicted molar refractivity (Wildman–Crippen MR) is 92.2 cm³/mol. The van der Waals surface area contributed by atoms with Crippen molar-refractivity contribution in [1.29, 1.82) is 0 Å². The summed E-state index contributed by atoms with van der Waals surface area (Å²) in [6, 6.07) is 8.48. The molecule has 1 atom stereocenters. The van der Waals surface area contributed by atoms with Crippen molar-refractivity contribution >= 4 is 5.91 Å². The first-order valence-electron chi connectivity index (χ1n) is 9.05. The molecule has 2 aliphatic rings. The van der Waals surface area contributed by atoms with E-state index >= 15 is 0 Å². The highest BCUT2D eigenvalue weighted by atomic mass is 19.1. The van der Waals surface area contributed by atoms with Crippen LogP contribution in [0.4, 0.5) is 4.39 Å². The minimum absolute atomic E-state index is 0.00678. The fourth-order valence-corrected chi connectivity index (χ4v) is 4.01. The van der Waals surface area contributed by atoms with Gasteiger partial charge in [0.1, 0.15) is 5.82 Å². The predicted octanol–water partition coefficient (Wildman–Crippen LogP) is 3.86. The molecule has 5 heteroatoms. The standard InChI is InChI=1S/C20H22FN3O/c21-17-7-5-14(6-8-17)15-12-16(13-15)20(25)24-11-2-1-4-18(24)19-22-9-3-10-23-19/h3,5-10,15-16,18H,1-2,4,11-13H2. The Bertz CT molecular complexity index is 728. The second-order valence-electron chi connectivity index (χ2n) is 7.07. The first-order chi connectivity index (χ1) is 12.2. The SMILES string of the molecule is O=C(C1CC(c2ccc(F)cc2)C1)N1CCCCC1c1ncccn1. The Morgan fingerprint density at radius 2 is 1.80 bits per heavy atom.